The lowest BCUT2D eigenvalue weighted by Gasteiger charge is -2.30. The van der Waals surface area contributed by atoms with Gasteiger partial charge in [0.1, 0.15) is 5.82 Å². The van der Waals surface area contributed by atoms with Crippen molar-refractivity contribution in [3.63, 3.8) is 0 Å². The molecule has 2 atom stereocenters. The minimum Gasteiger partial charge on any atom is -0.365 e. The van der Waals surface area contributed by atoms with E-state index in [0.717, 1.165) is 37.3 Å². The lowest BCUT2D eigenvalue weighted by Crippen LogP contribution is -2.43. The topological polar surface area (TPSA) is 119 Å². The summed E-state index contributed by atoms with van der Waals surface area (Å²) in [6, 6.07) is 2.90. The van der Waals surface area contributed by atoms with Crippen LogP contribution in [0.1, 0.15) is 61.4 Å². The Morgan fingerprint density at radius 1 is 1.21 bits per heavy atom. The predicted molar refractivity (Wildman–Crippen MR) is 108 cm³/mol. The summed E-state index contributed by atoms with van der Waals surface area (Å²) in [4.78, 5) is 20.3. The Morgan fingerprint density at radius 2 is 1.96 bits per heavy atom. The first-order chi connectivity index (χ1) is 13.3. The van der Waals surface area contributed by atoms with Gasteiger partial charge >= 0.3 is 0 Å². The van der Waals surface area contributed by atoms with E-state index in [1.165, 1.54) is 0 Å². The summed E-state index contributed by atoms with van der Waals surface area (Å²) in [5.41, 5.74) is 13.2. The van der Waals surface area contributed by atoms with Crippen molar-refractivity contribution in [2.75, 3.05) is 10.6 Å². The maximum atomic E-state index is 14.6. The second kappa shape index (κ2) is 8.52. The molecule has 1 aliphatic carbocycles. The van der Waals surface area contributed by atoms with Crippen molar-refractivity contribution in [3.05, 3.63) is 41.5 Å². The molecular weight excluding hydrogens is 359 g/mol. The van der Waals surface area contributed by atoms with Crippen molar-refractivity contribution in [2.24, 2.45) is 11.5 Å². The Morgan fingerprint density at radius 3 is 2.64 bits per heavy atom. The van der Waals surface area contributed by atoms with E-state index in [0.29, 0.717) is 5.69 Å². The van der Waals surface area contributed by atoms with Gasteiger partial charge < -0.3 is 22.1 Å². The lowest BCUT2D eigenvalue weighted by molar-refractivity contribution is 0.100. The van der Waals surface area contributed by atoms with Crippen molar-refractivity contribution in [2.45, 2.75) is 57.5 Å². The van der Waals surface area contributed by atoms with Crippen LogP contribution in [0.2, 0.25) is 0 Å². The number of amides is 1. The number of carbonyl (C=O) groups is 1. The molecule has 3 rings (SSSR count). The summed E-state index contributed by atoms with van der Waals surface area (Å²) in [6.07, 6.45) is 7.24. The van der Waals surface area contributed by atoms with Crippen LogP contribution in [0, 0.1) is 5.82 Å². The molecule has 0 spiro atoms. The SMILES string of the molecule is CC(C)c1cncc(Nc2nc(NC3CCCCC3N)c(F)cc2C(N)=O)c1. The highest BCUT2D eigenvalue weighted by Crippen LogP contribution is 2.27. The monoisotopic (exact) mass is 386 g/mol. The average molecular weight is 386 g/mol. The maximum Gasteiger partial charge on any atom is 0.252 e. The summed E-state index contributed by atoms with van der Waals surface area (Å²) in [6.45, 7) is 4.11. The second-order valence-electron chi connectivity index (χ2n) is 7.57. The molecule has 2 aromatic heterocycles. The largest absolute Gasteiger partial charge is 0.365 e. The number of rotatable bonds is 6. The Labute approximate surface area is 164 Å². The van der Waals surface area contributed by atoms with Gasteiger partial charge in [0.15, 0.2) is 11.6 Å². The van der Waals surface area contributed by atoms with E-state index in [9.17, 15) is 9.18 Å². The fraction of sp³-hybridized carbons (Fsp3) is 0.450. The fourth-order valence-corrected chi connectivity index (χ4v) is 3.37. The van der Waals surface area contributed by atoms with Gasteiger partial charge in [-0.15, -0.1) is 0 Å². The number of nitrogens with one attached hydrogen (secondary N) is 2. The van der Waals surface area contributed by atoms with E-state index in [-0.39, 0.29) is 35.2 Å². The highest BCUT2D eigenvalue weighted by molar-refractivity contribution is 5.98. The molecule has 0 radical (unpaired) electrons. The summed E-state index contributed by atoms with van der Waals surface area (Å²) >= 11 is 0. The number of hydrogen-bond donors (Lipinski definition) is 4. The van der Waals surface area contributed by atoms with Crippen LogP contribution in [0.4, 0.5) is 21.7 Å². The number of anilines is 3. The number of hydrogen-bond acceptors (Lipinski definition) is 6. The van der Waals surface area contributed by atoms with Gasteiger partial charge in [-0.05, 0) is 36.5 Å². The molecule has 0 aromatic carbocycles. The van der Waals surface area contributed by atoms with E-state index in [1.807, 2.05) is 6.07 Å². The number of nitrogens with two attached hydrogens (primary N) is 2. The quantitative estimate of drug-likeness (QED) is 0.605. The van der Waals surface area contributed by atoms with Crippen LogP contribution in [0.5, 0.6) is 0 Å². The molecule has 2 heterocycles. The standard InChI is InChI=1S/C20H27FN6O/c1-11(2)12-7-13(10-24-9-12)25-19-14(18(23)28)8-15(21)20(27-19)26-17-6-4-3-5-16(17)22/h7-11,16-17H,3-6,22H2,1-2H3,(H2,23,28)(H2,25,26,27). The molecule has 1 amide bonds. The number of carbonyl (C=O) groups excluding carboxylic acids is 1. The van der Waals surface area contributed by atoms with Crippen LogP contribution in [-0.2, 0) is 0 Å². The molecule has 28 heavy (non-hydrogen) atoms. The highest BCUT2D eigenvalue weighted by Gasteiger charge is 2.24. The Balaban J connectivity index is 1.92. The zero-order chi connectivity index (χ0) is 20.3. The Kier molecular flexibility index (Phi) is 6.08. The van der Waals surface area contributed by atoms with Crippen molar-refractivity contribution in [3.8, 4) is 0 Å². The third kappa shape index (κ3) is 4.56. The van der Waals surface area contributed by atoms with Crippen LogP contribution in [0.25, 0.3) is 0 Å². The molecule has 1 aliphatic rings. The molecule has 7 nitrogen and oxygen atoms in total. The molecule has 0 aliphatic heterocycles. The number of primary amides is 1. The predicted octanol–water partition coefficient (Wildman–Crippen LogP) is 3.26. The first kappa shape index (κ1) is 20.0. The zero-order valence-electron chi connectivity index (χ0n) is 16.2. The van der Waals surface area contributed by atoms with Crippen LogP contribution in [0.15, 0.2) is 24.5 Å². The molecule has 2 aromatic rings. The number of nitrogens with zero attached hydrogens (tertiary/aromatic N) is 2. The molecule has 6 N–H and O–H groups in total. The molecule has 1 saturated carbocycles. The van der Waals surface area contributed by atoms with Crippen molar-refractivity contribution in [1.29, 1.82) is 0 Å². The molecule has 2 unspecified atom stereocenters. The van der Waals surface area contributed by atoms with Gasteiger partial charge in [0.25, 0.3) is 5.91 Å². The molecule has 1 fully saturated rings. The van der Waals surface area contributed by atoms with Gasteiger partial charge in [-0.1, -0.05) is 26.7 Å². The highest BCUT2D eigenvalue weighted by atomic mass is 19.1. The molecule has 150 valence electrons. The van der Waals surface area contributed by atoms with E-state index >= 15 is 0 Å². The fourth-order valence-electron chi connectivity index (χ4n) is 3.37. The third-order valence-corrected chi connectivity index (χ3v) is 5.07. The van der Waals surface area contributed by atoms with Gasteiger partial charge in [-0.2, -0.15) is 0 Å². The van der Waals surface area contributed by atoms with Gasteiger partial charge in [0.2, 0.25) is 0 Å². The summed E-state index contributed by atoms with van der Waals surface area (Å²) in [5.74, 6) is -0.865. The molecule has 0 bridgehead atoms. The minimum absolute atomic E-state index is 0.0223. The van der Waals surface area contributed by atoms with E-state index in [1.54, 1.807) is 12.4 Å². The number of aromatic nitrogens is 2. The number of halogens is 1. The van der Waals surface area contributed by atoms with E-state index in [4.69, 9.17) is 11.5 Å². The van der Waals surface area contributed by atoms with Gasteiger partial charge in [-0.25, -0.2) is 9.37 Å². The van der Waals surface area contributed by atoms with Crippen molar-refractivity contribution >= 4 is 23.2 Å². The average Bonchev–Trinajstić information content (AvgIpc) is 2.66. The minimum atomic E-state index is -0.761. The zero-order valence-corrected chi connectivity index (χ0v) is 16.2. The summed E-state index contributed by atoms with van der Waals surface area (Å²) < 4.78 is 14.6. The Hall–Kier alpha value is -2.74. The van der Waals surface area contributed by atoms with Crippen LogP contribution < -0.4 is 22.1 Å². The lowest BCUT2D eigenvalue weighted by atomic mass is 9.91. The summed E-state index contributed by atoms with van der Waals surface area (Å²) in [7, 11) is 0. The van der Waals surface area contributed by atoms with Crippen LogP contribution in [0.3, 0.4) is 0 Å². The van der Waals surface area contributed by atoms with Gasteiger partial charge in [-0.3, -0.25) is 9.78 Å². The second-order valence-corrected chi connectivity index (χ2v) is 7.57. The van der Waals surface area contributed by atoms with Crippen molar-refractivity contribution in [1.82, 2.24) is 9.97 Å². The van der Waals surface area contributed by atoms with Gasteiger partial charge in [0, 0.05) is 18.3 Å². The van der Waals surface area contributed by atoms with Gasteiger partial charge in [0.05, 0.1) is 17.4 Å². The molecule has 8 heteroatoms. The van der Waals surface area contributed by atoms with E-state index in [2.05, 4.69) is 34.4 Å². The third-order valence-electron chi connectivity index (χ3n) is 5.07. The van der Waals surface area contributed by atoms with E-state index < -0.39 is 11.7 Å². The van der Waals surface area contributed by atoms with Crippen LogP contribution in [-0.4, -0.2) is 28.0 Å². The first-order valence-electron chi connectivity index (χ1n) is 9.59. The normalized spacial score (nSPS) is 19.5. The van der Waals surface area contributed by atoms with Crippen molar-refractivity contribution < 1.29 is 9.18 Å². The first-order valence-corrected chi connectivity index (χ1v) is 9.59. The molecular formula is C20H27FN6O. The summed E-state index contributed by atoms with van der Waals surface area (Å²) in [5, 5.41) is 6.15. The van der Waals surface area contributed by atoms with Crippen LogP contribution >= 0.6 is 0 Å². The maximum absolute atomic E-state index is 14.6. The number of pyridine rings is 2. The molecule has 0 saturated heterocycles. The smallest absolute Gasteiger partial charge is 0.252 e. The Bertz CT molecular complexity index is 857.